The van der Waals surface area contributed by atoms with Crippen molar-refractivity contribution in [3.8, 4) is 0 Å². The number of carbonyl (C=O) groups excluding carboxylic acids is 1. The van der Waals surface area contributed by atoms with E-state index in [9.17, 15) is 4.79 Å². The Morgan fingerprint density at radius 1 is 1.44 bits per heavy atom. The maximum absolute atomic E-state index is 11.4. The summed E-state index contributed by atoms with van der Waals surface area (Å²) < 4.78 is 4.51. The first-order valence-electron chi connectivity index (χ1n) is 5.48. The van der Waals surface area contributed by atoms with E-state index in [4.69, 9.17) is 0 Å². The number of nitrogens with one attached hydrogen (secondary N) is 1. The highest BCUT2D eigenvalue weighted by molar-refractivity contribution is 9.10. The molecule has 0 bridgehead atoms. The standard InChI is InChI=1S/C11H14BrN5O/c1-7-10(12)8(2)17(14-7)6-16-5-4-9(15-16)11(18)13-3/h4-5H,6H2,1-3H3,(H,13,18). The topological polar surface area (TPSA) is 64.7 Å². The molecule has 0 atom stereocenters. The molecular weight excluding hydrogens is 298 g/mol. The van der Waals surface area contributed by atoms with E-state index in [2.05, 4.69) is 31.4 Å². The van der Waals surface area contributed by atoms with Gasteiger partial charge in [0.05, 0.1) is 15.9 Å². The molecule has 2 heterocycles. The van der Waals surface area contributed by atoms with Crippen molar-refractivity contribution in [3.05, 3.63) is 33.8 Å². The fourth-order valence-electron chi connectivity index (χ4n) is 1.64. The van der Waals surface area contributed by atoms with Gasteiger partial charge in [0.25, 0.3) is 5.91 Å². The van der Waals surface area contributed by atoms with E-state index >= 15 is 0 Å². The predicted octanol–water partition coefficient (Wildman–Crippen LogP) is 1.32. The summed E-state index contributed by atoms with van der Waals surface area (Å²) in [6, 6.07) is 1.68. The third-order valence-corrected chi connectivity index (χ3v) is 3.82. The Bertz CT molecular complexity index is 586. The lowest BCUT2D eigenvalue weighted by Gasteiger charge is -2.04. The average Bonchev–Trinajstić information content (AvgIpc) is 2.91. The van der Waals surface area contributed by atoms with Crippen molar-refractivity contribution in [2.24, 2.45) is 0 Å². The third kappa shape index (κ3) is 2.31. The molecule has 0 saturated carbocycles. The first kappa shape index (κ1) is 12.8. The summed E-state index contributed by atoms with van der Waals surface area (Å²) in [6.07, 6.45) is 1.76. The number of hydrogen-bond donors (Lipinski definition) is 1. The van der Waals surface area contributed by atoms with Gasteiger partial charge in [0.2, 0.25) is 0 Å². The SMILES string of the molecule is CNC(=O)c1ccn(Cn2nc(C)c(Br)c2C)n1. The van der Waals surface area contributed by atoms with Crippen molar-refractivity contribution in [3.63, 3.8) is 0 Å². The van der Waals surface area contributed by atoms with E-state index in [1.165, 1.54) is 0 Å². The van der Waals surface area contributed by atoms with Gasteiger partial charge >= 0.3 is 0 Å². The van der Waals surface area contributed by atoms with E-state index in [1.54, 1.807) is 24.0 Å². The highest BCUT2D eigenvalue weighted by Crippen LogP contribution is 2.19. The fourth-order valence-corrected chi connectivity index (χ4v) is 1.92. The van der Waals surface area contributed by atoms with Crippen LogP contribution < -0.4 is 5.32 Å². The quantitative estimate of drug-likeness (QED) is 0.930. The summed E-state index contributed by atoms with van der Waals surface area (Å²) in [7, 11) is 1.58. The van der Waals surface area contributed by atoms with Gasteiger partial charge in [-0.05, 0) is 35.8 Å². The van der Waals surface area contributed by atoms with Crippen LogP contribution in [0.3, 0.4) is 0 Å². The largest absolute Gasteiger partial charge is 0.354 e. The van der Waals surface area contributed by atoms with Crippen LogP contribution in [0, 0.1) is 13.8 Å². The van der Waals surface area contributed by atoms with E-state index in [-0.39, 0.29) is 5.91 Å². The Labute approximate surface area is 113 Å². The van der Waals surface area contributed by atoms with Gasteiger partial charge in [-0.3, -0.25) is 9.48 Å². The monoisotopic (exact) mass is 311 g/mol. The molecule has 0 unspecified atom stereocenters. The molecule has 7 heteroatoms. The molecule has 0 aliphatic carbocycles. The normalized spacial score (nSPS) is 10.7. The minimum Gasteiger partial charge on any atom is -0.354 e. The lowest BCUT2D eigenvalue weighted by Crippen LogP contribution is -2.19. The van der Waals surface area contributed by atoms with E-state index < -0.39 is 0 Å². The first-order valence-corrected chi connectivity index (χ1v) is 6.27. The van der Waals surface area contributed by atoms with E-state index in [0.29, 0.717) is 12.4 Å². The average molecular weight is 312 g/mol. The van der Waals surface area contributed by atoms with Crippen molar-refractivity contribution in [1.29, 1.82) is 0 Å². The zero-order chi connectivity index (χ0) is 13.3. The molecule has 2 rings (SSSR count). The summed E-state index contributed by atoms with van der Waals surface area (Å²) in [6.45, 7) is 4.40. The molecule has 0 fully saturated rings. The Morgan fingerprint density at radius 2 is 2.17 bits per heavy atom. The minimum absolute atomic E-state index is 0.191. The van der Waals surface area contributed by atoms with Crippen LogP contribution in [-0.2, 0) is 6.67 Å². The Balaban J connectivity index is 2.21. The van der Waals surface area contributed by atoms with Crippen molar-refractivity contribution in [1.82, 2.24) is 24.9 Å². The molecule has 96 valence electrons. The van der Waals surface area contributed by atoms with Crippen LogP contribution in [0.2, 0.25) is 0 Å². The summed E-state index contributed by atoms with van der Waals surface area (Å²) in [5.41, 5.74) is 2.37. The number of aromatic nitrogens is 4. The molecule has 0 aromatic carbocycles. The molecule has 1 amide bonds. The summed E-state index contributed by atoms with van der Waals surface area (Å²) >= 11 is 3.48. The molecule has 0 spiro atoms. The van der Waals surface area contributed by atoms with Crippen molar-refractivity contribution >= 4 is 21.8 Å². The molecular formula is C11H14BrN5O. The van der Waals surface area contributed by atoms with Crippen LogP contribution in [0.5, 0.6) is 0 Å². The van der Waals surface area contributed by atoms with Gasteiger partial charge in [-0.15, -0.1) is 0 Å². The lowest BCUT2D eigenvalue weighted by atomic mass is 10.4. The number of carbonyl (C=O) groups is 1. The molecule has 2 aromatic rings. The van der Waals surface area contributed by atoms with Gasteiger partial charge in [0, 0.05) is 13.2 Å². The van der Waals surface area contributed by atoms with Crippen LogP contribution in [0.15, 0.2) is 16.7 Å². The van der Waals surface area contributed by atoms with Crippen molar-refractivity contribution in [2.75, 3.05) is 7.05 Å². The third-order valence-electron chi connectivity index (χ3n) is 2.67. The molecule has 2 aromatic heterocycles. The van der Waals surface area contributed by atoms with Gasteiger partial charge in [-0.2, -0.15) is 10.2 Å². The number of hydrogen-bond acceptors (Lipinski definition) is 3. The van der Waals surface area contributed by atoms with Crippen LogP contribution >= 0.6 is 15.9 Å². The van der Waals surface area contributed by atoms with E-state index in [0.717, 1.165) is 15.9 Å². The molecule has 1 N–H and O–H groups in total. The number of aryl methyl sites for hydroxylation is 1. The van der Waals surface area contributed by atoms with E-state index in [1.807, 2.05) is 18.5 Å². The summed E-state index contributed by atoms with van der Waals surface area (Å²) in [4.78, 5) is 11.4. The fraction of sp³-hybridized carbons (Fsp3) is 0.364. The van der Waals surface area contributed by atoms with Crippen LogP contribution in [0.25, 0.3) is 0 Å². The Morgan fingerprint density at radius 3 is 2.72 bits per heavy atom. The van der Waals surface area contributed by atoms with Gasteiger partial charge in [-0.1, -0.05) is 0 Å². The zero-order valence-corrected chi connectivity index (χ0v) is 12.0. The smallest absolute Gasteiger partial charge is 0.271 e. The van der Waals surface area contributed by atoms with Crippen LogP contribution in [0.1, 0.15) is 21.9 Å². The Hall–Kier alpha value is -1.63. The Kier molecular flexibility index (Phi) is 3.51. The molecule has 0 radical (unpaired) electrons. The van der Waals surface area contributed by atoms with Crippen LogP contribution in [-0.4, -0.2) is 32.5 Å². The second-order valence-corrected chi connectivity index (χ2v) is 4.74. The molecule has 0 aliphatic heterocycles. The molecule has 0 aliphatic rings. The molecule has 18 heavy (non-hydrogen) atoms. The highest BCUT2D eigenvalue weighted by Gasteiger charge is 2.11. The molecule has 0 saturated heterocycles. The van der Waals surface area contributed by atoms with Gasteiger partial charge in [0.1, 0.15) is 12.4 Å². The number of amides is 1. The number of halogens is 1. The summed E-state index contributed by atoms with van der Waals surface area (Å²) in [5.74, 6) is -0.191. The zero-order valence-electron chi connectivity index (χ0n) is 10.4. The maximum atomic E-state index is 11.4. The number of nitrogens with zero attached hydrogens (tertiary/aromatic N) is 4. The van der Waals surface area contributed by atoms with Crippen LogP contribution in [0.4, 0.5) is 0 Å². The van der Waals surface area contributed by atoms with Gasteiger partial charge in [-0.25, -0.2) is 4.68 Å². The second-order valence-electron chi connectivity index (χ2n) is 3.95. The van der Waals surface area contributed by atoms with Gasteiger partial charge in [0.15, 0.2) is 0 Å². The van der Waals surface area contributed by atoms with Crippen molar-refractivity contribution < 1.29 is 4.79 Å². The predicted molar refractivity (Wildman–Crippen MR) is 70.4 cm³/mol. The maximum Gasteiger partial charge on any atom is 0.271 e. The second kappa shape index (κ2) is 4.93. The van der Waals surface area contributed by atoms with Gasteiger partial charge < -0.3 is 5.32 Å². The lowest BCUT2D eigenvalue weighted by molar-refractivity contribution is 0.0957. The molecule has 6 nitrogen and oxygen atoms in total. The summed E-state index contributed by atoms with van der Waals surface area (Å²) in [5, 5.41) is 11.1. The highest BCUT2D eigenvalue weighted by atomic mass is 79.9. The minimum atomic E-state index is -0.191. The number of rotatable bonds is 3. The van der Waals surface area contributed by atoms with Crippen molar-refractivity contribution in [2.45, 2.75) is 20.5 Å². The first-order chi connectivity index (χ1) is 8.52.